The zero-order chi connectivity index (χ0) is 14.0. The van der Waals surface area contributed by atoms with Crippen LogP contribution >= 0.6 is 0 Å². The Bertz CT molecular complexity index is 450. The first kappa shape index (κ1) is 13.8. The standard InChI is InChI=1S/C14H22N4O/c1-9-7-15-13(16-8-9)17-10-5-6-11(19)18-12(10)14(2,3)4/h7-8,10,12H,5-6H2,1-4H3,(H,18,19)(H,15,16,17)/t10-,12-/m1/s1. The molecule has 1 aliphatic heterocycles. The number of hydrogen-bond acceptors (Lipinski definition) is 4. The number of carbonyl (C=O) groups is 1. The van der Waals surface area contributed by atoms with Gasteiger partial charge in [-0.05, 0) is 24.3 Å². The molecule has 2 atom stereocenters. The lowest BCUT2D eigenvalue weighted by Gasteiger charge is -2.41. The molecular formula is C14H22N4O. The fraction of sp³-hybridized carbons (Fsp3) is 0.643. The predicted molar refractivity (Wildman–Crippen MR) is 74.8 cm³/mol. The number of anilines is 1. The van der Waals surface area contributed by atoms with Crippen molar-refractivity contribution >= 4 is 11.9 Å². The second-order valence-corrected chi connectivity index (χ2v) is 6.28. The van der Waals surface area contributed by atoms with Gasteiger partial charge in [-0.25, -0.2) is 9.97 Å². The van der Waals surface area contributed by atoms with Crippen molar-refractivity contribution in [3.63, 3.8) is 0 Å². The van der Waals surface area contributed by atoms with Crippen LogP contribution < -0.4 is 10.6 Å². The van der Waals surface area contributed by atoms with E-state index in [1.165, 1.54) is 0 Å². The van der Waals surface area contributed by atoms with E-state index >= 15 is 0 Å². The predicted octanol–water partition coefficient (Wildman–Crippen LogP) is 1.89. The van der Waals surface area contributed by atoms with E-state index in [1.807, 2.05) is 6.92 Å². The summed E-state index contributed by atoms with van der Waals surface area (Å²) in [4.78, 5) is 20.1. The minimum Gasteiger partial charge on any atom is -0.351 e. The van der Waals surface area contributed by atoms with Crippen molar-refractivity contribution in [1.29, 1.82) is 0 Å². The summed E-state index contributed by atoms with van der Waals surface area (Å²) in [7, 11) is 0. The molecule has 1 fully saturated rings. The summed E-state index contributed by atoms with van der Waals surface area (Å²) in [5, 5.41) is 6.43. The highest BCUT2D eigenvalue weighted by atomic mass is 16.1. The number of nitrogens with one attached hydrogen (secondary N) is 2. The van der Waals surface area contributed by atoms with Gasteiger partial charge in [0.05, 0.1) is 12.1 Å². The van der Waals surface area contributed by atoms with Crippen molar-refractivity contribution in [3.8, 4) is 0 Å². The SMILES string of the molecule is Cc1cnc(N[C@@H]2CCC(=O)N[C@H]2C(C)(C)C)nc1. The lowest BCUT2D eigenvalue weighted by atomic mass is 9.79. The first-order valence-electron chi connectivity index (χ1n) is 6.71. The third-order valence-electron chi connectivity index (χ3n) is 3.43. The smallest absolute Gasteiger partial charge is 0.222 e. The number of aryl methyl sites for hydroxylation is 1. The van der Waals surface area contributed by atoms with Gasteiger partial charge in [-0.2, -0.15) is 0 Å². The molecule has 1 aliphatic rings. The van der Waals surface area contributed by atoms with Crippen LogP contribution in [0.4, 0.5) is 5.95 Å². The molecule has 5 nitrogen and oxygen atoms in total. The van der Waals surface area contributed by atoms with E-state index in [-0.39, 0.29) is 23.4 Å². The molecule has 1 saturated heterocycles. The molecule has 2 N–H and O–H groups in total. The van der Waals surface area contributed by atoms with Gasteiger partial charge in [-0.1, -0.05) is 20.8 Å². The summed E-state index contributed by atoms with van der Waals surface area (Å²) >= 11 is 0. The molecule has 0 radical (unpaired) electrons. The average Bonchev–Trinajstić information content (AvgIpc) is 2.33. The molecule has 5 heteroatoms. The lowest BCUT2D eigenvalue weighted by molar-refractivity contribution is -0.124. The van der Waals surface area contributed by atoms with E-state index in [9.17, 15) is 4.79 Å². The highest BCUT2D eigenvalue weighted by Gasteiger charge is 2.37. The molecule has 104 valence electrons. The van der Waals surface area contributed by atoms with Gasteiger partial charge in [0.1, 0.15) is 0 Å². The molecule has 2 heterocycles. The number of piperidine rings is 1. The van der Waals surface area contributed by atoms with Crippen LogP contribution in [0.5, 0.6) is 0 Å². The van der Waals surface area contributed by atoms with Crippen molar-refractivity contribution in [1.82, 2.24) is 15.3 Å². The van der Waals surface area contributed by atoms with Crippen LogP contribution in [0.1, 0.15) is 39.2 Å². The van der Waals surface area contributed by atoms with Crippen LogP contribution in [0, 0.1) is 12.3 Å². The second kappa shape index (κ2) is 5.15. The van der Waals surface area contributed by atoms with Gasteiger partial charge in [-0.15, -0.1) is 0 Å². The number of rotatable bonds is 2. The van der Waals surface area contributed by atoms with E-state index in [0.717, 1.165) is 12.0 Å². The Hall–Kier alpha value is -1.65. The zero-order valence-electron chi connectivity index (χ0n) is 12.0. The van der Waals surface area contributed by atoms with Crippen molar-refractivity contribution < 1.29 is 4.79 Å². The summed E-state index contributed by atoms with van der Waals surface area (Å²) in [6.07, 6.45) is 4.95. The average molecular weight is 262 g/mol. The molecule has 0 aromatic carbocycles. The van der Waals surface area contributed by atoms with Crippen molar-refractivity contribution in [3.05, 3.63) is 18.0 Å². The second-order valence-electron chi connectivity index (χ2n) is 6.28. The van der Waals surface area contributed by atoms with Gasteiger partial charge in [0.15, 0.2) is 0 Å². The van der Waals surface area contributed by atoms with Crippen molar-refractivity contribution in [2.24, 2.45) is 5.41 Å². The Morgan fingerprint density at radius 3 is 2.53 bits per heavy atom. The molecule has 0 bridgehead atoms. The molecule has 0 aliphatic carbocycles. The Morgan fingerprint density at radius 1 is 1.32 bits per heavy atom. The number of nitrogens with zero attached hydrogens (tertiary/aromatic N) is 2. The topological polar surface area (TPSA) is 66.9 Å². The number of carbonyl (C=O) groups excluding carboxylic acids is 1. The van der Waals surface area contributed by atoms with Gasteiger partial charge in [0.25, 0.3) is 0 Å². The number of hydrogen-bond donors (Lipinski definition) is 2. The maximum atomic E-state index is 11.6. The van der Waals surface area contributed by atoms with Crippen LogP contribution in [-0.2, 0) is 4.79 Å². The van der Waals surface area contributed by atoms with E-state index in [0.29, 0.717) is 12.4 Å². The van der Waals surface area contributed by atoms with Crippen LogP contribution in [-0.4, -0.2) is 28.0 Å². The number of aromatic nitrogens is 2. The molecule has 0 saturated carbocycles. The quantitative estimate of drug-likeness (QED) is 0.854. The molecule has 1 aromatic rings. The van der Waals surface area contributed by atoms with E-state index < -0.39 is 0 Å². The highest BCUT2D eigenvalue weighted by molar-refractivity contribution is 5.77. The van der Waals surface area contributed by atoms with Gasteiger partial charge in [-0.3, -0.25) is 4.79 Å². The fourth-order valence-corrected chi connectivity index (χ4v) is 2.41. The third-order valence-corrected chi connectivity index (χ3v) is 3.43. The summed E-state index contributed by atoms with van der Waals surface area (Å²) in [6.45, 7) is 8.36. The van der Waals surface area contributed by atoms with Crippen LogP contribution in [0.25, 0.3) is 0 Å². The van der Waals surface area contributed by atoms with Crippen LogP contribution in [0.2, 0.25) is 0 Å². The Labute approximate surface area is 114 Å². The number of amides is 1. The van der Waals surface area contributed by atoms with Crippen LogP contribution in [0.15, 0.2) is 12.4 Å². The summed E-state index contributed by atoms with van der Waals surface area (Å²) in [5.74, 6) is 0.754. The van der Waals surface area contributed by atoms with Gasteiger partial charge < -0.3 is 10.6 Å². The minimum absolute atomic E-state index is 0.00154. The molecule has 1 aromatic heterocycles. The lowest BCUT2D eigenvalue weighted by Crippen LogP contribution is -2.57. The monoisotopic (exact) mass is 262 g/mol. The maximum absolute atomic E-state index is 11.6. The maximum Gasteiger partial charge on any atom is 0.222 e. The molecule has 0 spiro atoms. The summed E-state index contributed by atoms with van der Waals surface area (Å²) in [6, 6.07) is 0.249. The zero-order valence-corrected chi connectivity index (χ0v) is 12.0. The molecular weight excluding hydrogens is 240 g/mol. The molecule has 0 unspecified atom stereocenters. The summed E-state index contributed by atoms with van der Waals surface area (Å²) in [5.41, 5.74) is 1.04. The fourth-order valence-electron chi connectivity index (χ4n) is 2.41. The Morgan fingerprint density at radius 2 is 1.95 bits per heavy atom. The molecule has 19 heavy (non-hydrogen) atoms. The van der Waals surface area contributed by atoms with E-state index in [1.54, 1.807) is 12.4 Å². The highest BCUT2D eigenvalue weighted by Crippen LogP contribution is 2.28. The molecule has 2 rings (SSSR count). The first-order valence-corrected chi connectivity index (χ1v) is 6.71. The minimum atomic E-state index is -0.00154. The Balaban J connectivity index is 2.12. The first-order chi connectivity index (χ1) is 8.86. The van der Waals surface area contributed by atoms with E-state index in [2.05, 4.69) is 41.4 Å². The van der Waals surface area contributed by atoms with E-state index in [4.69, 9.17) is 0 Å². The van der Waals surface area contributed by atoms with Gasteiger partial charge >= 0.3 is 0 Å². The van der Waals surface area contributed by atoms with Crippen molar-refractivity contribution in [2.45, 2.75) is 52.6 Å². The summed E-state index contributed by atoms with van der Waals surface area (Å²) < 4.78 is 0. The third kappa shape index (κ3) is 3.43. The Kier molecular flexibility index (Phi) is 3.73. The normalized spacial score (nSPS) is 23.9. The van der Waals surface area contributed by atoms with Crippen LogP contribution in [0.3, 0.4) is 0 Å². The van der Waals surface area contributed by atoms with Crippen molar-refractivity contribution in [2.75, 3.05) is 5.32 Å². The largest absolute Gasteiger partial charge is 0.351 e. The van der Waals surface area contributed by atoms with Gasteiger partial charge in [0, 0.05) is 18.8 Å². The van der Waals surface area contributed by atoms with Gasteiger partial charge in [0.2, 0.25) is 11.9 Å². The molecule has 1 amide bonds.